The summed E-state index contributed by atoms with van der Waals surface area (Å²) in [5, 5.41) is 0.682. The Morgan fingerprint density at radius 2 is 1.78 bits per heavy atom. The lowest BCUT2D eigenvalue weighted by Crippen LogP contribution is -2.38. The molecule has 0 spiro atoms. The molecule has 6 heteroatoms. The molecule has 1 atom stereocenters. The van der Waals surface area contributed by atoms with Crippen molar-refractivity contribution in [2.45, 2.75) is 18.9 Å². The minimum atomic E-state index is -0.188. The minimum absolute atomic E-state index is 0.0177. The van der Waals surface area contributed by atoms with E-state index in [9.17, 15) is 4.79 Å². The predicted octanol–water partition coefficient (Wildman–Crippen LogP) is 4.37. The Morgan fingerprint density at radius 1 is 1.00 bits per heavy atom. The maximum absolute atomic E-state index is 13.6. The number of thiazole rings is 1. The van der Waals surface area contributed by atoms with E-state index in [4.69, 9.17) is 16.6 Å². The molecule has 0 saturated carbocycles. The van der Waals surface area contributed by atoms with Crippen molar-refractivity contribution in [3.8, 4) is 0 Å². The van der Waals surface area contributed by atoms with Crippen LogP contribution in [-0.2, 0) is 6.42 Å². The Balaban J connectivity index is 1.64. The molecule has 4 aromatic rings. The number of hydrogen-bond acceptors (Lipinski definition) is 4. The first-order chi connectivity index (χ1) is 15.7. The number of fused-ring (bicyclic) bond motifs is 3. The van der Waals surface area contributed by atoms with Gasteiger partial charge < -0.3 is 0 Å². The maximum Gasteiger partial charge on any atom is 0.271 e. The highest BCUT2D eigenvalue weighted by Gasteiger charge is 2.32. The van der Waals surface area contributed by atoms with Gasteiger partial charge in [0.2, 0.25) is 0 Å². The van der Waals surface area contributed by atoms with Gasteiger partial charge in [-0.1, -0.05) is 59.3 Å². The fraction of sp³-hybridized carbons (Fsp3) is 0.115. The van der Waals surface area contributed by atoms with E-state index in [0.29, 0.717) is 9.55 Å². The second-order valence-corrected chi connectivity index (χ2v) is 9.39. The number of hydrogen-bond donors (Lipinski definition) is 0. The fourth-order valence-corrected chi connectivity index (χ4v) is 5.71. The van der Waals surface area contributed by atoms with Crippen molar-refractivity contribution in [2.24, 2.45) is 4.99 Å². The lowest BCUT2D eigenvalue weighted by molar-refractivity contribution is 0.585. The molecule has 3 heterocycles. The molecule has 0 unspecified atom stereocenters. The zero-order chi connectivity index (χ0) is 21.7. The van der Waals surface area contributed by atoms with Crippen LogP contribution in [-0.4, -0.2) is 9.55 Å². The average Bonchev–Trinajstić information content (AvgIpc) is 3.13. The van der Waals surface area contributed by atoms with E-state index in [1.807, 2.05) is 47.0 Å². The van der Waals surface area contributed by atoms with Crippen molar-refractivity contribution in [3.63, 3.8) is 0 Å². The number of aryl methyl sites for hydroxylation is 1. The van der Waals surface area contributed by atoms with Gasteiger partial charge in [-0.3, -0.25) is 14.3 Å². The van der Waals surface area contributed by atoms with Crippen LogP contribution in [0.2, 0.25) is 5.02 Å². The molecule has 32 heavy (non-hydrogen) atoms. The van der Waals surface area contributed by atoms with Gasteiger partial charge in [0.05, 0.1) is 16.3 Å². The zero-order valence-electron chi connectivity index (χ0n) is 17.0. The van der Waals surface area contributed by atoms with Crippen LogP contribution in [0, 0.1) is 0 Å². The van der Waals surface area contributed by atoms with Gasteiger partial charge in [0.1, 0.15) is 0 Å². The number of halogens is 1. The van der Waals surface area contributed by atoms with Gasteiger partial charge in [0, 0.05) is 23.0 Å². The average molecular weight is 456 g/mol. The summed E-state index contributed by atoms with van der Waals surface area (Å²) < 4.78 is 2.52. The second-order valence-electron chi connectivity index (χ2n) is 7.95. The van der Waals surface area contributed by atoms with Crippen molar-refractivity contribution < 1.29 is 0 Å². The number of nitrogens with zero attached hydrogens (tertiary/aromatic N) is 3. The summed E-state index contributed by atoms with van der Waals surface area (Å²) in [5.41, 5.74) is 6.64. The summed E-state index contributed by atoms with van der Waals surface area (Å²) in [4.78, 5) is 23.4. The van der Waals surface area contributed by atoms with Gasteiger partial charge in [-0.2, -0.15) is 0 Å². The van der Waals surface area contributed by atoms with Gasteiger partial charge in [-0.25, -0.2) is 4.99 Å². The molecule has 1 aliphatic carbocycles. The summed E-state index contributed by atoms with van der Waals surface area (Å²) in [7, 11) is 0. The Morgan fingerprint density at radius 3 is 2.59 bits per heavy atom. The molecule has 0 bridgehead atoms. The van der Waals surface area contributed by atoms with Crippen LogP contribution in [0.4, 0.5) is 0 Å². The molecule has 4 nitrogen and oxygen atoms in total. The van der Waals surface area contributed by atoms with E-state index in [-0.39, 0.29) is 11.6 Å². The van der Waals surface area contributed by atoms with E-state index < -0.39 is 0 Å². The van der Waals surface area contributed by atoms with Crippen LogP contribution in [0.5, 0.6) is 0 Å². The Labute approximate surface area is 193 Å². The first-order valence-electron chi connectivity index (χ1n) is 10.5. The SMILES string of the molecule is O=c1/c(=C\c2ccncc2)sc2n1[C@@H](c1ccc(Cl)cc1)C1=C(N=2)c2ccccc2CC1. The van der Waals surface area contributed by atoms with E-state index in [0.717, 1.165) is 34.5 Å². The topological polar surface area (TPSA) is 47.2 Å². The van der Waals surface area contributed by atoms with E-state index >= 15 is 0 Å². The summed E-state index contributed by atoms with van der Waals surface area (Å²) >= 11 is 7.61. The zero-order valence-corrected chi connectivity index (χ0v) is 18.6. The second kappa shape index (κ2) is 7.69. The Kier molecular flexibility index (Phi) is 4.67. The third-order valence-corrected chi connectivity index (χ3v) is 7.30. The lowest BCUT2D eigenvalue weighted by atomic mass is 9.83. The maximum atomic E-state index is 13.6. The van der Waals surface area contributed by atoms with Crippen LogP contribution in [0.15, 0.2) is 88.4 Å². The molecule has 2 aliphatic rings. The normalized spacial score (nSPS) is 17.4. The van der Waals surface area contributed by atoms with Crippen molar-refractivity contribution in [2.75, 3.05) is 0 Å². The molecular formula is C26H18ClN3OS. The molecule has 0 amide bonds. The molecule has 0 radical (unpaired) electrons. The standard InChI is InChI=1S/C26H18ClN3OS/c27-19-8-5-18(6-9-19)24-21-10-7-17-3-1-2-4-20(17)23(21)29-26-30(24)25(31)22(32-26)15-16-11-13-28-14-12-16/h1-6,8-9,11-15,24H,7,10H2/b22-15+/t24-/m0/s1. The number of rotatable bonds is 2. The van der Waals surface area contributed by atoms with E-state index in [1.54, 1.807) is 12.4 Å². The van der Waals surface area contributed by atoms with Gasteiger partial charge in [-0.15, -0.1) is 0 Å². The molecule has 0 N–H and O–H groups in total. The molecule has 1 aliphatic heterocycles. The third-order valence-electron chi connectivity index (χ3n) is 6.06. The first kappa shape index (κ1) is 19.4. The fourth-order valence-electron chi connectivity index (χ4n) is 4.58. The van der Waals surface area contributed by atoms with Crippen molar-refractivity contribution >= 4 is 34.7 Å². The van der Waals surface area contributed by atoms with Crippen molar-refractivity contribution in [1.29, 1.82) is 0 Å². The minimum Gasteiger partial charge on any atom is -0.272 e. The number of allylic oxidation sites excluding steroid dienone is 1. The number of aromatic nitrogens is 2. The predicted molar refractivity (Wildman–Crippen MR) is 128 cm³/mol. The quantitative estimate of drug-likeness (QED) is 0.450. The Bertz CT molecular complexity index is 1550. The van der Waals surface area contributed by atoms with Crippen LogP contribution in [0.25, 0.3) is 11.8 Å². The largest absolute Gasteiger partial charge is 0.272 e. The third kappa shape index (κ3) is 3.17. The van der Waals surface area contributed by atoms with Gasteiger partial charge in [-0.05, 0) is 65.4 Å². The Hall–Kier alpha value is -3.28. The smallest absolute Gasteiger partial charge is 0.271 e. The van der Waals surface area contributed by atoms with Crippen molar-refractivity contribution in [1.82, 2.24) is 9.55 Å². The summed E-state index contributed by atoms with van der Waals surface area (Å²) in [6.07, 6.45) is 7.19. The molecule has 0 saturated heterocycles. The van der Waals surface area contributed by atoms with E-state index in [2.05, 4.69) is 29.2 Å². The van der Waals surface area contributed by atoms with Crippen LogP contribution >= 0.6 is 22.9 Å². The summed E-state index contributed by atoms with van der Waals surface area (Å²) in [6, 6.07) is 19.9. The molecule has 156 valence electrons. The van der Waals surface area contributed by atoms with Gasteiger partial charge >= 0.3 is 0 Å². The van der Waals surface area contributed by atoms with Crippen LogP contribution < -0.4 is 14.9 Å². The highest BCUT2D eigenvalue weighted by molar-refractivity contribution is 7.07. The number of benzene rings is 2. The summed E-state index contributed by atoms with van der Waals surface area (Å²) in [5.74, 6) is 0. The monoisotopic (exact) mass is 455 g/mol. The van der Waals surface area contributed by atoms with Crippen LogP contribution in [0.1, 0.15) is 34.7 Å². The van der Waals surface area contributed by atoms with Gasteiger partial charge in [0.15, 0.2) is 4.80 Å². The number of pyridine rings is 1. The summed E-state index contributed by atoms with van der Waals surface area (Å²) in [6.45, 7) is 0. The van der Waals surface area contributed by atoms with E-state index in [1.165, 1.54) is 28.0 Å². The highest BCUT2D eigenvalue weighted by atomic mass is 35.5. The molecule has 0 fully saturated rings. The van der Waals surface area contributed by atoms with Gasteiger partial charge in [0.25, 0.3) is 5.56 Å². The molecule has 6 rings (SSSR count). The highest BCUT2D eigenvalue weighted by Crippen LogP contribution is 2.41. The molecule has 2 aromatic heterocycles. The lowest BCUT2D eigenvalue weighted by Gasteiger charge is -2.30. The van der Waals surface area contributed by atoms with Crippen LogP contribution in [0.3, 0.4) is 0 Å². The first-order valence-corrected chi connectivity index (χ1v) is 11.7. The molecular weight excluding hydrogens is 438 g/mol. The molecule has 2 aromatic carbocycles. The van der Waals surface area contributed by atoms with Crippen molar-refractivity contribution in [3.05, 3.63) is 126 Å².